The van der Waals surface area contributed by atoms with Gasteiger partial charge in [0.25, 0.3) is 5.91 Å². The van der Waals surface area contributed by atoms with E-state index in [1.165, 1.54) is 11.3 Å². The SMILES string of the molecule is Cc1nc(-c2ccccc2)sc1C(=O)OC(C)C(=O)Nc1ccccc1-c1ccccc1. The molecule has 0 bridgehead atoms. The van der Waals surface area contributed by atoms with Gasteiger partial charge in [0.2, 0.25) is 0 Å². The first-order valence-corrected chi connectivity index (χ1v) is 11.0. The number of carbonyl (C=O) groups excluding carboxylic acids is 2. The molecule has 4 rings (SSSR count). The quantitative estimate of drug-likeness (QED) is 0.374. The van der Waals surface area contributed by atoms with Crippen LogP contribution in [0.3, 0.4) is 0 Å². The van der Waals surface area contributed by atoms with Crippen LogP contribution in [0.1, 0.15) is 22.3 Å². The van der Waals surface area contributed by atoms with Crippen LogP contribution in [0.5, 0.6) is 0 Å². The number of hydrogen-bond acceptors (Lipinski definition) is 5. The van der Waals surface area contributed by atoms with E-state index >= 15 is 0 Å². The van der Waals surface area contributed by atoms with Crippen LogP contribution < -0.4 is 5.32 Å². The molecule has 1 amide bonds. The van der Waals surface area contributed by atoms with Crippen molar-refractivity contribution >= 4 is 28.9 Å². The normalized spacial score (nSPS) is 11.6. The lowest BCUT2D eigenvalue weighted by Crippen LogP contribution is -2.30. The number of esters is 1. The Kier molecular flexibility index (Phi) is 6.42. The second-order valence-electron chi connectivity index (χ2n) is 7.25. The third kappa shape index (κ3) is 4.76. The highest BCUT2D eigenvalue weighted by Crippen LogP contribution is 2.29. The van der Waals surface area contributed by atoms with Crippen LogP contribution >= 0.6 is 11.3 Å². The Morgan fingerprint density at radius 3 is 2.16 bits per heavy atom. The summed E-state index contributed by atoms with van der Waals surface area (Å²) in [6.45, 7) is 3.33. The first-order valence-electron chi connectivity index (χ1n) is 10.2. The van der Waals surface area contributed by atoms with Crippen LogP contribution in [0.15, 0.2) is 84.9 Å². The molecule has 5 nitrogen and oxygen atoms in total. The third-order valence-electron chi connectivity index (χ3n) is 4.93. The molecule has 1 aromatic heterocycles. The second kappa shape index (κ2) is 9.58. The fourth-order valence-corrected chi connectivity index (χ4v) is 4.21. The van der Waals surface area contributed by atoms with Gasteiger partial charge in [-0.15, -0.1) is 11.3 Å². The van der Waals surface area contributed by atoms with Gasteiger partial charge < -0.3 is 10.1 Å². The maximum Gasteiger partial charge on any atom is 0.351 e. The van der Waals surface area contributed by atoms with Gasteiger partial charge in [0.1, 0.15) is 9.88 Å². The topological polar surface area (TPSA) is 68.3 Å². The highest BCUT2D eigenvalue weighted by Gasteiger charge is 2.23. The molecule has 3 aromatic carbocycles. The lowest BCUT2D eigenvalue weighted by atomic mass is 10.0. The highest BCUT2D eigenvalue weighted by molar-refractivity contribution is 7.17. The van der Waals surface area contributed by atoms with Crippen LogP contribution in [-0.4, -0.2) is 23.0 Å². The average molecular weight is 443 g/mol. The van der Waals surface area contributed by atoms with Gasteiger partial charge in [-0.3, -0.25) is 4.79 Å². The number of thiazole rings is 1. The maximum absolute atomic E-state index is 12.8. The van der Waals surface area contributed by atoms with Crippen LogP contribution in [-0.2, 0) is 9.53 Å². The van der Waals surface area contributed by atoms with Gasteiger partial charge >= 0.3 is 5.97 Å². The van der Waals surface area contributed by atoms with E-state index < -0.39 is 18.0 Å². The van der Waals surface area contributed by atoms with E-state index in [1.54, 1.807) is 13.8 Å². The molecule has 6 heteroatoms. The first-order chi connectivity index (χ1) is 15.5. The van der Waals surface area contributed by atoms with Gasteiger partial charge in [-0.1, -0.05) is 78.9 Å². The van der Waals surface area contributed by atoms with E-state index in [-0.39, 0.29) is 0 Å². The fraction of sp³-hybridized carbons (Fsp3) is 0.115. The molecule has 0 saturated heterocycles. The second-order valence-corrected chi connectivity index (χ2v) is 8.25. The molecule has 1 atom stereocenters. The van der Waals surface area contributed by atoms with E-state index in [2.05, 4.69) is 10.3 Å². The molecule has 0 spiro atoms. The number of benzene rings is 3. The molecule has 0 radical (unpaired) electrons. The van der Waals surface area contributed by atoms with Crippen molar-refractivity contribution in [3.05, 3.63) is 95.5 Å². The summed E-state index contributed by atoms with van der Waals surface area (Å²) < 4.78 is 5.47. The predicted octanol–water partition coefficient (Wildman–Crippen LogP) is 5.97. The minimum atomic E-state index is -0.965. The monoisotopic (exact) mass is 442 g/mol. The Morgan fingerprint density at radius 2 is 1.47 bits per heavy atom. The number of nitrogens with zero attached hydrogens (tertiary/aromatic N) is 1. The van der Waals surface area contributed by atoms with E-state index in [1.807, 2.05) is 84.9 Å². The maximum atomic E-state index is 12.8. The van der Waals surface area contributed by atoms with E-state index in [0.29, 0.717) is 16.3 Å². The Labute approximate surface area is 190 Å². The molecular weight excluding hydrogens is 420 g/mol. The largest absolute Gasteiger partial charge is 0.448 e. The Hall–Kier alpha value is -3.77. The molecule has 0 fully saturated rings. The number of aryl methyl sites for hydroxylation is 1. The average Bonchev–Trinajstić information content (AvgIpc) is 3.22. The number of carbonyl (C=O) groups is 2. The van der Waals surface area contributed by atoms with Gasteiger partial charge in [-0.2, -0.15) is 0 Å². The van der Waals surface area contributed by atoms with Gasteiger partial charge in [0, 0.05) is 16.8 Å². The Morgan fingerprint density at radius 1 is 0.875 bits per heavy atom. The molecule has 0 aliphatic heterocycles. The molecule has 0 aliphatic carbocycles. The molecule has 4 aromatic rings. The zero-order valence-corrected chi connectivity index (χ0v) is 18.6. The van der Waals surface area contributed by atoms with Gasteiger partial charge in [0.15, 0.2) is 6.10 Å². The van der Waals surface area contributed by atoms with Crippen molar-refractivity contribution in [2.24, 2.45) is 0 Å². The number of anilines is 1. The summed E-state index contributed by atoms with van der Waals surface area (Å²) in [4.78, 5) is 30.4. The summed E-state index contributed by atoms with van der Waals surface area (Å²) in [5.41, 5.74) is 4.06. The van der Waals surface area contributed by atoms with Crippen molar-refractivity contribution in [1.82, 2.24) is 4.98 Å². The lowest BCUT2D eigenvalue weighted by molar-refractivity contribution is -0.123. The summed E-state index contributed by atoms with van der Waals surface area (Å²) >= 11 is 1.26. The Balaban J connectivity index is 1.46. The lowest BCUT2D eigenvalue weighted by Gasteiger charge is -2.15. The molecule has 160 valence electrons. The van der Waals surface area contributed by atoms with Crippen molar-refractivity contribution in [1.29, 1.82) is 0 Å². The van der Waals surface area contributed by atoms with Crippen LogP contribution in [0.4, 0.5) is 5.69 Å². The molecule has 1 heterocycles. The Bertz CT molecular complexity index is 1240. The number of ether oxygens (including phenoxy) is 1. The number of amides is 1. The van der Waals surface area contributed by atoms with Crippen LogP contribution in [0.25, 0.3) is 21.7 Å². The highest BCUT2D eigenvalue weighted by atomic mass is 32.1. The van der Waals surface area contributed by atoms with E-state index in [0.717, 1.165) is 21.7 Å². The summed E-state index contributed by atoms with van der Waals surface area (Å²) in [6, 6.07) is 27.0. The fourth-order valence-electron chi connectivity index (χ4n) is 3.25. The van der Waals surface area contributed by atoms with Crippen LogP contribution in [0.2, 0.25) is 0 Å². The summed E-state index contributed by atoms with van der Waals surface area (Å²) in [7, 11) is 0. The molecule has 1 N–H and O–H groups in total. The molecule has 0 aliphatic rings. The number of hydrogen-bond donors (Lipinski definition) is 1. The van der Waals surface area contributed by atoms with Gasteiger partial charge in [-0.05, 0) is 25.5 Å². The number of rotatable bonds is 6. The van der Waals surface area contributed by atoms with Crippen molar-refractivity contribution in [3.63, 3.8) is 0 Å². The standard InChI is InChI=1S/C26H22N2O3S/c1-17-23(32-25(27-17)20-13-7-4-8-14-20)26(30)31-18(2)24(29)28-22-16-10-9-15-21(22)19-11-5-3-6-12-19/h3-16,18H,1-2H3,(H,28,29). The van der Waals surface area contributed by atoms with Gasteiger partial charge in [0.05, 0.1) is 5.69 Å². The molecular formula is C26H22N2O3S. The van der Waals surface area contributed by atoms with Crippen LogP contribution in [0, 0.1) is 6.92 Å². The van der Waals surface area contributed by atoms with Crippen molar-refractivity contribution < 1.29 is 14.3 Å². The van der Waals surface area contributed by atoms with Crippen molar-refractivity contribution in [2.45, 2.75) is 20.0 Å². The third-order valence-corrected chi connectivity index (χ3v) is 6.11. The van der Waals surface area contributed by atoms with E-state index in [9.17, 15) is 9.59 Å². The zero-order valence-electron chi connectivity index (χ0n) is 17.7. The summed E-state index contributed by atoms with van der Waals surface area (Å²) in [6.07, 6.45) is -0.965. The minimum absolute atomic E-state index is 0.396. The minimum Gasteiger partial charge on any atom is -0.448 e. The van der Waals surface area contributed by atoms with E-state index in [4.69, 9.17) is 4.74 Å². The molecule has 32 heavy (non-hydrogen) atoms. The number of para-hydroxylation sites is 1. The summed E-state index contributed by atoms with van der Waals surface area (Å²) in [5.74, 6) is -0.951. The molecule has 1 unspecified atom stereocenters. The number of nitrogens with one attached hydrogen (secondary N) is 1. The van der Waals surface area contributed by atoms with Crippen molar-refractivity contribution in [3.8, 4) is 21.7 Å². The number of aromatic nitrogens is 1. The zero-order chi connectivity index (χ0) is 22.5. The predicted molar refractivity (Wildman–Crippen MR) is 128 cm³/mol. The van der Waals surface area contributed by atoms with Crippen molar-refractivity contribution in [2.75, 3.05) is 5.32 Å². The smallest absolute Gasteiger partial charge is 0.351 e. The van der Waals surface area contributed by atoms with Gasteiger partial charge in [-0.25, -0.2) is 9.78 Å². The summed E-state index contributed by atoms with van der Waals surface area (Å²) in [5, 5.41) is 3.62. The first kappa shape index (κ1) is 21.5. The molecule has 0 saturated carbocycles.